The fourth-order valence-corrected chi connectivity index (χ4v) is 1.49. The Bertz CT molecular complexity index is 169. The number of allylic oxidation sites excluding steroid dienone is 2. The molecule has 0 saturated carbocycles. The third-order valence-electron chi connectivity index (χ3n) is 2.01. The van der Waals surface area contributed by atoms with Gasteiger partial charge in [0.05, 0.1) is 18.0 Å². The molecule has 0 aromatic carbocycles. The van der Waals surface area contributed by atoms with Gasteiger partial charge in [0.15, 0.2) is 0 Å². The van der Waals surface area contributed by atoms with Crippen molar-refractivity contribution in [2.75, 3.05) is 13.1 Å². The second kappa shape index (κ2) is 2.45. The SMILES string of the molecule is C1=C2NCCN=C2CCC1. The van der Waals surface area contributed by atoms with Crippen LogP contribution in [0.2, 0.25) is 0 Å². The van der Waals surface area contributed by atoms with Crippen LogP contribution >= 0.6 is 0 Å². The van der Waals surface area contributed by atoms with E-state index in [9.17, 15) is 0 Å². The molecule has 10 heavy (non-hydrogen) atoms. The van der Waals surface area contributed by atoms with E-state index in [4.69, 9.17) is 0 Å². The second-order valence-corrected chi connectivity index (χ2v) is 2.77. The van der Waals surface area contributed by atoms with E-state index in [2.05, 4.69) is 16.4 Å². The predicted octanol–water partition coefficient (Wildman–Crippen LogP) is 1.10. The minimum atomic E-state index is 0.965. The Labute approximate surface area is 61.0 Å². The summed E-state index contributed by atoms with van der Waals surface area (Å²) in [5.41, 5.74) is 2.61. The van der Waals surface area contributed by atoms with E-state index in [1.165, 1.54) is 30.7 Å². The summed E-state index contributed by atoms with van der Waals surface area (Å²) in [6.07, 6.45) is 5.95. The Kier molecular flexibility index (Phi) is 1.46. The largest absolute Gasteiger partial charge is 0.382 e. The van der Waals surface area contributed by atoms with Gasteiger partial charge in [-0.15, -0.1) is 0 Å². The normalized spacial score (nSPS) is 24.0. The Morgan fingerprint density at radius 3 is 3.40 bits per heavy atom. The summed E-state index contributed by atoms with van der Waals surface area (Å²) >= 11 is 0. The van der Waals surface area contributed by atoms with E-state index in [0.29, 0.717) is 0 Å². The summed E-state index contributed by atoms with van der Waals surface area (Å²) in [4.78, 5) is 4.44. The van der Waals surface area contributed by atoms with Gasteiger partial charge in [0.25, 0.3) is 0 Å². The van der Waals surface area contributed by atoms with E-state index < -0.39 is 0 Å². The number of aliphatic imine (C=N–C) groups is 1. The summed E-state index contributed by atoms with van der Waals surface area (Å²) < 4.78 is 0. The summed E-state index contributed by atoms with van der Waals surface area (Å²) in [5, 5.41) is 3.35. The first kappa shape index (κ1) is 5.96. The molecule has 2 nitrogen and oxygen atoms in total. The molecule has 0 aromatic heterocycles. The predicted molar refractivity (Wildman–Crippen MR) is 42.2 cm³/mol. The molecular formula is C8H12N2. The molecular weight excluding hydrogens is 124 g/mol. The van der Waals surface area contributed by atoms with E-state index in [1.54, 1.807) is 0 Å². The first-order valence-electron chi connectivity index (χ1n) is 3.94. The molecule has 0 amide bonds. The van der Waals surface area contributed by atoms with Gasteiger partial charge in [-0.25, -0.2) is 0 Å². The molecule has 1 aliphatic carbocycles. The van der Waals surface area contributed by atoms with Crippen molar-refractivity contribution in [2.24, 2.45) is 4.99 Å². The van der Waals surface area contributed by atoms with Gasteiger partial charge in [-0.2, -0.15) is 0 Å². The van der Waals surface area contributed by atoms with Crippen LogP contribution in [0.1, 0.15) is 19.3 Å². The van der Waals surface area contributed by atoms with E-state index in [0.717, 1.165) is 13.1 Å². The van der Waals surface area contributed by atoms with Crippen LogP contribution in [0, 0.1) is 0 Å². The molecule has 0 atom stereocenters. The Morgan fingerprint density at radius 1 is 1.50 bits per heavy atom. The molecule has 0 radical (unpaired) electrons. The zero-order chi connectivity index (χ0) is 6.81. The van der Waals surface area contributed by atoms with Gasteiger partial charge in [0, 0.05) is 6.54 Å². The maximum atomic E-state index is 4.44. The Balaban J connectivity index is 2.25. The van der Waals surface area contributed by atoms with Gasteiger partial charge in [0.1, 0.15) is 0 Å². The first-order valence-corrected chi connectivity index (χ1v) is 3.94. The lowest BCUT2D eigenvalue weighted by Crippen LogP contribution is -2.29. The smallest absolute Gasteiger partial charge is 0.0576 e. The molecule has 0 fully saturated rings. The fraction of sp³-hybridized carbons (Fsp3) is 0.625. The van der Waals surface area contributed by atoms with Crippen molar-refractivity contribution in [1.82, 2.24) is 5.32 Å². The minimum Gasteiger partial charge on any atom is -0.382 e. The summed E-state index contributed by atoms with van der Waals surface area (Å²) in [6, 6.07) is 0. The molecule has 1 N–H and O–H groups in total. The zero-order valence-corrected chi connectivity index (χ0v) is 6.06. The number of nitrogens with zero attached hydrogens (tertiary/aromatic N) is 1. The third-order valence-corrected chi connectivity index (χ3v) is 2.01. The molecule has 0 aromatic rings. The monoisotopic (exact) mass is 136 g/mol. The average molecular weight is 136 g/mol. The van der Waals surface area contributed by atoms with Gasteiger partial charge in [-0.05, 0) is 19.3 Å². The molecule has 2 rings (SSSR count). The second-order valence-electron chi connectivity index (χ2n) is 2.77. The highest BCUT2D eigenvalue weighted by molar-refractivity contribution is 6.00. The van der Waals surface area contributed by atoms with Crippen LogP contribution < -0.4 is 5.32 Å². The van der Waals surface area contributed by atoms with Crippen LogP contribution in [0.15, 0.2) is 16.8 Å². The highest BCUT2D eigenvalue weighted by Crippen LogP contribution is 2.14. The maximum absolute atomic E-state index is 4.44. The van der Waals surface area contributed by atoms with Crippen molar-refractivity contribution in [2.45, 2.75) is 19.3 Å². The number of hydrogen-bond donors (Lipinski definition) is 1. The van der Waals surface area contributed by atoms with Gasteiger partial charge in [0.2, 0.25) is 0 Å². The quantitative estimate of drug-likeness (QED) is 0.530. The van der Waals surface area contributed by atoms with Crippen LogP contribution in [0.3, 0.4) is 0 Å². The van der Waals surface area contributed by atoms with Crippen LogP contribution in [-0.2, 0) is 0 Å². The topological polar surface area (TPSA) is 24.4 Å². The number of rotatable bonds is 0. The highest BCUT2D eigenvalue weighted by atomic mass is 15.0. The summed E-state index contributed by atoms with van der Waals surface area (Å²) in [7, 11) is 0. The van der Waals surface area contributed by atoms with Crippen molar-refractivity contribution >= 4 is 5.71 Å². The molecule has 2 aliphatic rings. The van der Waals surface area contributed by atoms with Crippen molar-refractivity contribution in [3.05, 3.63) is 11.8 Å². The average Bonchev–Trinajstić information content (AvgIpc) is 2.05. The molecule has 54 valence electrons. The zero-order valence-electron chi connectivity index (χ0n) is 6.06. The molecule has 2 heteroatoms. The molecule has 1 aliphatic heterocycles. The van der Waals surface area contributed by atoms with E-state index >= 15 is 0 Å². The molecule has 0 saturated heterocycles. The Morgan fingerprint density at radius 2 is 2.50 bits per heavy atom. The van der Waals surface area contributed by atoms with Gasteiger partial charge in [-0.3, -0.25) is 4.99 Å². The number of nitrogens with one attached hydrogen (secondary N) is 1. The highest BCUT2D eigenvalue weighted by Gasteiger charge is 2.13. The standard InChI is InChI=1S/C8H12N2/c1-2-4-8-7(3-1)9-5-6-10-8/h3,9H,1-2,4-6H2. The maximum Gasteiger partial charge on any atom is 0.0576 e. The lowest BCUT2D eigenvalue weighted by Gasteiger charge is -2.21. The fourth-order valence-electron chi connectivity index (χ4n) is 1.49. The van der Waals surface area contributed by atoms with Gasteiger partial charge < -0.3 is 5.32 Å². The van der Waals surface area contributed by atoms with Crippen LogP contribution in [-0.4, -0.2) is 18.8 Å². The third kappa shape index (κ3) is 0.939. The van der Waals surface area contributed by atoms with Crippen molar-refractivity contribution < 1.29 is 0 Å². The van der Waals surface area contributed by atoms with Crippen LogP contribution in [0.5, 0.6) is 0 Å². The lowest BCUT2D eigenvalue weighted by atomic mass is 10.0. The summed E-state index contributed by atoms with van der Waals surface area (Å²) in [6.45, 7) is 1.99. The number of hydrogen-bond acceptors (Lipinski definition) is 2. The lowest BCUT2D eigenvalue weighted by molar-refractivity contribution is 0.742. The first-order chi connectivity index (χ1) is 4.97. The van der Waals surface area contributed by atoms with Crippen LogP contribution in [0.25, 0.3) is 0 Å². The van der Waals surface area contributed by atoms with Crippen LogP contribution in [0.4, 0.5) is 0 Å². The molecule has 0 spiro atoms. The number of fused-ring (bicyclic) bond motifs is 1. The van der Waals surface area contributed by atoms with Crippen molar-refractivity contribution in [3.63, 3.8) is 0 Å². The van der Waals surface area contributed by atoms with E-state index in [1.807, 2.05) is 0 Å². The minimum absolute atomic E-state index is 0.965. The molecule has 0 unspecified atom stereocenters. The van der Waals surface area contributed by atoms with E-state index in [-0.39, 0.29) is 0 Å². The molecule has 0 bridgehead atoms. The van der Waals surface area contributed by atoms with Gasteiger partial charge in [-0.1, -0.05) is 6.08 Å². The summed E-state index contributed by atoms with van der Waals surface area (Å²) in [5.74, 6) is 0. The van der Waals surface area contributed by atoms with Crippen molar-refractivity contribution in [1.29, 1.82) is 0 Å². The van der Waals surface area contributed by atoms with Gasteiger partial charge >= 0.3 is 0 Å². The van der Waals surface area contributed by atoms with Crippen molar-refractivity contribution in [3.8, 4) is 0 Å². The Hall–Kier alpha value is -0.790. The molecule has 1 heterocycles.